The molecule has 5 heteroatoms. The van der Waals surface area contributed by atoms with Crippen LogP contribution in [0.15, 0.2) is 24.3 Å². The lowest BCUT2D eigenvalue weighted by Crippen LogP contribution is -2.15. The van der Waals surface area contributed by atoms with Crippen molar-refractivity contribution in [1.29, 1.82) is 0 Å². The van der Waals surface area contributed by atoms with E-state index < -0.39 is 22.0 Å². The van der Waals surface area contributed by atoms with Crippen molar-refractivity contribution in [2.45, 2.75) is 0 Å². The Hall–Kier alpha value is -1.16. The quantitative estimate of drug-likeness (QED) is 0.380. The molecule has 0 unspecified atom stereocenters. The highest BCUT2D eigenvalue weighted by molar-refractivity contribution is 6.65. The third kappa shape index (κ3) is 1.71. The molecule has 0 saturated heterocycles. The third-order valence-corrected chi connectivity index (χ3v) is 1.37. The van der Waals surface area contributed by atoms with Crippen LogP contribution in [0.3, 0.4) is 0 Å². The summed E-state index contributed by atoms with van der Waals surface area (Å²) in [6.45, 7) is 0. The van der Waals surface area contributed by atoms with Crippen LogP contribution >= 0.6 is 11.6 Å². The van der Waals surface area contributed by atoms with E-state index in [1.165, 1.54) is 12.1 Å². The van der Waals surface area contributed by atoms with Crippen LogP contribution in [0.2, 0.25) is 0 Å². The second-order valence-electron chi connectivity index (χ2n) is 1.99. The number of carbonyl (C=O) groups excluding carboxylic acids is 1. The molecule has 0 aliphatic heterocycles. The molecule has 0 atom stereocenters. The fourth-order valence-electron chi connectivity index (χ4n) is 0.706. The number of nitrogens with zero attached hydrogens (tertiary/aromatic N) is 1. The standard InChI is InChI=1S/C7H4ClF2NO/c8-7(12)11(10)6-4-2-1-3-5(6)9/h1-4H. The molecule has 1 rings (SSSR count). The molecule has 0 N–H and O–H groups in total. The van der Waals surface area contributed by atoms with Crippen LogP contribution in [0.4, 0.5) is 19.4 Å². The first kappa shape index (κ1) is 8.93. The van der Waals surface area contributed by atoms with Gasteiger partial charge < -0.3 is 0 Å². The molecule has 0 spiro atoms. The molecule has 0 bridgehead atoms. The van der Waals surface area contributed by atoms with Gasteiger partial charge in [0.25, 0.3) is 0 Å². The average molecular weight is 192 g/mol. The molecule has 0 aliphatic rings. The van der Waals surface area contributed by atoms with Crippen molar-refractivity contribution >= 4 is 22.7 Å². The van der Waals surface area contributed by atoms with Crippen LogP contribution in [0.1, 0.15) is 0 Å². The second kappa shape index (κ2) is 3.49. The first-order valence-electron chi connectivity index (χ1n) is 3.03. The molecule has 1 amide bonds. The van der Waals surface area contributed by atoms with Crippen LogP contribution in [0.5, 0.6) is 0 Å². The summed E-state index contributed by atoms with van der Waals surface area (Å²) in [5.41, 5.74) is -0.488. The van der Waals surface area contributed by atoms with Gasteiger partial charge in [0.1, 0.15) is 11.5 Å². The van der Waals surface area contributed by atoms with Crippen LogP contribution < -0.4 is 5.12 Å². The largest absolute Gasteiger partial charge is 0.349 e. The van der Waals surface area contributed by atoms with Crippen LogP contribution in [0.25, 0.3) is 0 Å². The highest BCUT2D eigenvalue weighted by atomic mass is 35.5. The van der Waals surface area contributed by atoms with Crippen molar-refractivity contribution in [3.63, 3.8) is 0 Å². The smallest absolute Gasteiger partial charge is 0.252 e. The van der Waals surface area contributed by atoms with Crippen molar-refractivity contribution in [1.82, 2.24) is 0 Å². The van der Waals surface area contributed by atoms with Crippen molar-refractivity contribution < 1.29 is 13.7 Å². The summed E-state index contributed by atoms with van der Waals surface area (Å²) in [4.78, 5) is 10.2. The molecule has 2 nitrogen and oxygen atoms in total. The maximum atomic E-state index is 12.7. The molecule has 1 aromatic carbocycles. The number of hydrogen-bond acceptors (Lipinski definition) is 1. The van der Waals surface area contributed by atoms with Gasteiger partial charge >= 0.3 is 5.37 Å². The summed E-state index contributed by atoms with van der Waals surface area (Å²) in [5, 5.41) is -1.84. The van der Waals surface area contributed by atoms with Crippen LogP contribution in [-0.4, -0.2) is 5.37 Å². The van der Waals surface area contributed by atoms with E-state index in [2.05, 4.69) is 0 Å². The molecule has 64 valence electrons. The SMILES string of the molecule is O=C(Cl)N(F)c1ccccc1F. The predicted octanol–water partition coefficient (Wildman–Crippen LogP) is 2.88. The highest BCUT2D eigenvalue weighted by Gasteiger charge is 2.15. The monoisotopic (exact) mass is 191 g/mol. The van der Waals surface area contributed by atoms with Gasteiger partial charge in [-0.1, -0.05) is 16.6 Å². The molecule has 0 aliphatic carbocycles. The molecule has 1 aromatic rings. The highest BCUT2D eigenvalue weighted by Crippen LogP contribution is 2.20. The predicted molar refractivity (Wildman–Crippen MR) is 41.2 cm³/mol. The average Bonchev–Trinajstić information content (AvgIpc) is 2.04. The number of hydrogen-bond donors (Lipinski definition) is 0. The molecule has 0 saturated carbocycles. The van der Waals surface area contributed by atoms with Gasteiger partial charge in [-0.05, 0) is 23.7 Å². The lowest BCUT2D eigenvalue weighted by Gasteiger charge is -2.07. The Morgan fingerprint density at radius 2 is 2.00 bits per heavy atom. The lowest BCUT2D eigenvalue weighted by molar-refractivity contribution is 0.252. The molecule has 0 aromatic heterocycles. The Bertz CT molecular complexity index is 305. The number of carbonyl (C=O) groups is 1. The van der Waals surface area contributed by atoms with E-state index in [9.17, 15) is 13.7 Å². The zero-order chi connectivity index (χ0) is 9.14. The Labute approximate surface area is 72.3 Å². The summed E-state index contributed by atoms with van der Waals surface area (Å²) < 4.78 is 25.3. The van der Waals surface area contributed by atoms with E-state index in [1.807, 2.05) is 0 Å². The van der Waals surface area contributed by atoms with E-state index >= 15 is 0 Å². The van der Waals surface area contributed by atoms with Crippen molar-refractivity contribution in [3.8, 4) is 0 Å². The summed E-state index contributed by atoms with van der Waals surface area (Å²) >= 11 is 4.78. The van der Waals surface area contributed by atoms with Gasteiger partial charge in [-0.2, -0.15) is 0 Å². The first-order valence-corrected chi connectivity index (χ1v) is 3.40. The van der Waals surface area contributed by atoms with Gasteiger partial charge in [0.05, 0.1) is 0 Å². The molecule has 0 radical (unpaired) electrons. The van der Waals surface area contributed by atoms with Gasteiger partial charge in [-0.15, -0.1) is 5.12 Å². The van der Waals surface area contributed by atoms with Gasteiger partial charge in [0.2, 0.25) is 0 Å². The molecule has 12 heavy (non-hydrogen) atoms. The van der Waals surface area contributed by atoms with E-state index in [-0.39, 0.29) is 0 Å². The number of benzene rings is 1. The maximum absolute atomic E-state index is 12.7. The maximum Gasteiger partial charge on any atom is 0.349 e. The molecule has 0 fully saturated rings. The number of halogens is 3. The minimum absolute atomic E-state index is 0.461. The van der Waals surface area contributed by atoms with Gasteiger partial charge in [0.15, 0.2) is 0 Å². The summed E-state index contributed by atoms with van der Waals surface area (Å²) in [6, 6.07) is 4.91. The van der Waals surface area contributed by atoms with E-state index in [0.29, 0.717) is 0 Å². The summed E-state index contributed by atoms with van der Waals surface area (Å²) in [5.74, 6) is -0.839. The number of amides is 1. The first-order chi connectivity index (χ1) is 5.63. The molecular formula is C7H4ClF2NO. The van der Waals surface area contributed by atoms with Gasteiger partial charge in [-0.25, -0.2) is 4.39 Å². The Morgan fingerprint density at radius 3 is 2.50 bits per heavy atom. The van der Waals surface area contributed by atoms with Crippen molar-refractivity contribution in [2.75, 3.05) is 5.12 Å². The Balaban J connectivity index is 3.02. The lowest BCUT2D eigenvalue weighted by atomic mass is 10.3. The summed E-state index contributed by atoms with van der Waals surface area (Å²) in [6.07, 6.45) is 0. The second-order valence-corrected chi connectivity index (χ2v) is 2.31. The van der Waals surface area contributed by atoms with Gasteiger partial charge in [0, 0.05) is 0 Å². The fourth-order valence-corrected chi connectivity index (χ4v) is 0.797. The van der Waals surface area contributed by atoms with E-state index in [4.69, 9.17) is 11.6 Å². The van der Waals surface area contributed by atoms with Crippen molar-refractivity contribution in [2.24, 2.45) is 0 Å². The zero-order valence-electron chi connectivity index (χ0n) is 5.80. The number of rotatable bonds is 1. The minimum atomic E-state index is -1.37. The zero-order valence-corrected chi connectivity index (χ0v) is 6.55. The third-order valence-electron chi connectivity index (χ3n) is 1.22. The van der Waals surface area contributed by atoms with Crippen LogP contribution in [-0.2, 0) is 0 Å². The van der Waals surface area contributed by atoms with E-state index in [0.717, 1.165) is 12.1 Å². The molecular weight excluding hydrogens is 188 g/mol. The van der Waals surface area contributed by atoms with Crippen LogP contribution in [0, 0.1) is 5.82 Å². The minimum Gasteiger partial charge on any atom is -0.252 e. The topological polar surface area (TPSA) is 20.3 Å². The Morgan fingerprint density at radius 1 is 1.42 bits per heavy atom. The van der Waals surface area contributed by atoms with Crippen molar-refractivity contribution in [3.05, 3.63) is 30.1 Å². The normalized spacial score (nSPS) is 9.58. The fraction of sp³-hybridized carbons (Fsp3) is 0. The molecule has 0 heterocycles. The summed E-state index contributed by atoms with van der Waals surface area (Å²) in [7, 11) is 0. The van der Waals surface area contributed by atoms with Gasteiger partial charge in [-0.3, -0.25) is 4.79 Å². The number of anilines is 1. The number of para-hydroxylation sites is 1. The van der Waals surface area contributed by atoms with E-state index in [1.54, 1.807) is 0 Å². The Kier molecular flexibility index (Phi) is 2.60.